The number of hydrogen-bond acceptors (Lipinski definition) is 4. The van der Waals surface area contributed by atoms with Crippen molar-refractivity contribution in [2.45, 2.75) is 26.2 Å². The molecule has 5 heteroatoms. The molecule has 0 fully saturated rings. The third-order valence-corrected chi connectivity index (χ3v) is 3.95. The van der Waals surface area contributed by atoms with Crippen molar-refractivity contribution in [2.24, 2.45) is 0 Å². The first-order valence-corrected chi connectivity index (χ1v) is 8.22. The molecule has 1 amide bonds. The quantitative estimate of drug-likeness (QED) is 0.787. The summed E-state index contributed by atoms with van der Waals surface area (Å²) in [5, 5.41) is 2.92. The number of carbonyl (C=O) groups excluding carboxylic acids is 1. The highest BCUT2D eigenvalue weighted by molar-refractivity contribution is 5.92. The fourth-order valence-corrected chi connectivity index (χ4v) is 2.62. The molecule has 0 aliphatic carbocycles. The van der Waals surface area contributed by atoms with Crippen LogP contribution in [0.25, 0.3) is 0 Å². The highest BCUT2D eigenvalue weighted by atomic mass is 16.5. The van der Waals surface area contributed by atoms with E-state index in [1.54, 1.807) is 21.3 Å². The predicted octanol–water partition coefficient (Wildman–Crippen LogP) is 3.98. The minimum Gasteiger partial charge on any atom is -0.495 e. The first kappa shape index (κ1) is 18.6. The van der Waals surface area contributed by atoms with Crippen molar-refractivity contribution in [3.8, 4) is 17.2 Å². The van der Waals surface area contributed by atoms with Gasteiger partial charge in [-0.2, -0.15) is 0 Å². The number of aryl methyl sites for hydroxylation is 2. The molecule has 0 atom stereocenters. The molecule has 0 bridgehead atoms. The molecule has 0 radical (unpaired) electrons. The van der Waals surface area contributed by atoms with Crippen LogP contribution < -0.4 is 19.5 Å². The van der Waals surface area contributed by atoms with Gasteiger partial charge in [-0.1, -0.05) is 12.1 Å². The molecule has 0 aliphatic heterocycles. The molecule has 0 aliphatic rings. The van der Waals surface area contributed by atoms with E-state index >= 15 is 0 Å². The van der Waals surface area contributed by atoms with Gasteiger partial charge in [-0.3, -0.25) is 4.79 Å². The van der Waals surface area contributed by atoms with Gasteiger partial charge < -0.3 is 19.5 Å². The van der Waals surface area contributed by atoms with Crippen LogP contribution in [0.2, 0.25) is 0 Å². The summed E-state index contributed by atoms with van der Waals surface area (Å²) in [7, 11) is 4.82. The Balaban J connectivity index is 1.90. The molecule has 2 aromatic carbocycles. The Morgan fingerprint density at radius 3 is 2.28 bits per heavy atom. The van der Waals surface area contributed by atoms with E-state index in [1.807, 2.05) is 43.3 Å². The van der Waals surface area contributed by atoms with Crippen LogP contribution >= 0.6 is 0 Å². The molecule has 0 heterocycles. The lowest BCUT2D eigenvalue weighted by atomic mass is 10.1. The average Bonchev–Trinajstić information content (AvgIpc) is 2.61. The van der Waals surface area contributed by atoms with E-state index in [9.17, 15) is 4.79 Å². The number of methoxy groups -OCH3 is 3. The Morgan fingerprint density at radius 1 is 0.920 bits per heavy atom. The van der Waals surface area contributed by atoms with Gasteiger partial charge in [0.25, 0.3) is 0 Å². The number of amides is 1. The zero-order valence-corrected chi connectivity index (χ0v) is 15.2. The molecular weight excluding hydrogens is 318 g/mol. The van der Waals surface area contributed by atoms with Gasteiger partial charge >= 0.3 is 0 Å². The summed E-state index contributed by atoms with van der Waals surface area (Å²) in [4.78, 5) is 12.2. The Kier molecular flexibility index (Phi) is 6.69. The van der Waals surface area contributed by atoms with Crippen molar-refractivity contribution in [1.82, 2.24) is 0 Å². The molecule has 2 rings (SSSR count). The van der Waals surface area contributed by atoms with Crippen LogP contribution in [0, 0.1) is 6.92 Å². The van der Waals surface area contributed by atoms with Crippen molar-refractivity contribution in [3.05, 3.63) is 47.5 Å². The van der Waals surface area contributed by atoms with E-state index in [1.165, 1.54) is 0 Å². The number of benzene rings is 2. The van der Waals surface area contributed by atoms with Gasteiger partial charge in [0.2, 0.25) is 5.91 Å². The summed E-state index contributed by atoms with van der Waals surface area (Å²) in [5.41, 5.74) is 2.89. The van der Waals surface area contributed by atoms with Gasteiger partial charge in [0, 0.05) is 6.42 Å². The van der Waals surface area contributed by atoms with Gasteiger partial charge in [0.05, 0.1) is 27.0 Å². The smallest absolute Gasteiger partial charge is 0.224 e. The molecular formula is C20H25NO4. The Labute approximate surface area is 148 Å². The van der Waals surface area contributed by atoms with Crippen LogP contribution in [-0.4, -0.2) is 27.2 Å². The summed E-state index contributed by atoms with van der Waals surface area (Å²) >= 11 is 0. The maximum absolute atomic E-state index is 12.2. The van der Waals surface area contributed by atoms with E-state index in [0.717, 1.165) is 24.0 Å². The number of nitrogens with one attached hydrogen (secondary N) is 1. The Bertz CT molecular complexity index is 728. The van der Waals surface area contributed by atoms with Crippen LogP contribution in [0.15, 0.2) is 36.4 Å². The highest BCUT2D eigenvalue weighted by Gasteiger charge is 2.09. The van der Waals surface area contributed by atoms with Crippen LogP contribution in [0.5, 0.6) is 17.2 Å². The first-order chi connectivity index (χ1) is 12.1. The largest absolute Gasteiger partial charge is 0.495 e. The topological polar surface area (TPSA) is 56.8 Å². The third kappa shape index (κ3) is 5.14. The summed E-state index contributed by atoms with van der Waals surface area (Å²) in [6.45, 7) is 1.98. The zero-order chi connectivity index (χ0) is 18.2. The first-order valence-electron chi connectivity index (χ1n) is 8.22. The lowest BCUT2D eigenvalue weighted by molar-refractivity contribution is -0.116. The second-order valence-electron chi connectivity index (χ2n) is 5.79. The summed E-state index contributed by atoms with van der Waals surface area (Å²) in [5.74, 6) is 2.05. The average molecular weight is 343 g/mol. The van der Waals surface area contributed by atoms with Crippen LogP contribution in [0.3, 0.4) is 0 Å². The molecule has 134 valence electrons. The molecule has 1 N–H and O–H groups in total. The monoisotopic (exact) mass is 343 g/mol. The maximum atomic E-state index is 12.2. The van der Waals surface area contributed by atoms with Crippen molar-refractivity contribution < 1.29 is 19.0 Å². The second-order valence-corrected chi connectivity index (χ2v) is 5.79. The van der Waals surface area contributed by atoms with Gasteiger partial charge in [-0.15, -0.1) is 0 Å². The van der Waals surface area contributed by atoms with Gasteiger partial charge in [-0.25, -0.2) is 0 Å². The Hall–Kier alpha value is -2.69. The fourth-order valence-electron chi connectivity index (χ4n) is 2.62. The van der Waals surface area contributed by atoms with Crippen molar-refractivity contribution in [3.63, 3.8) is 0 Å². The number of carbonyl (C=O) groups is 1. The number of ether oxygens (including phenoxy) is 3. The molecule has 0 unspecified atom stereocenters. The predicted molar refractivity (Wildman–Crippen MR) is 98.8 cm³/mol. The number of hydrogen-bond donors (Lipinski definition) is 1. The summed E-state index contributed by atoms with van der Waals surface area (Å²) < 4.78 is 15.8. The Morgan fingerprint density at radius 2 is 1.60 bits per heavy atom. The van der Waals surface area contributed by atoms with E-state index in [0.29, 0.717) is 29.4 Å². The number of rotatable bonds is 8. The summed E-state index contributed by atoms with van der Waals surface area (Å²) in [6, 6.07) is 11.5. The zero-order valence-electron chi connectivity index (χ0n) is 15.2. The highest BCUT2D eigenvalue weighted by Crippen LogP contribution is 2.28. The lowest BCUT2D eigenvalue weighted by Crippen LogP contribution is -2.12. The van der Waals surface area contributed by atoms with Crippen molar-refractivity contribution in [2.75, 3.05) is 26.6 Å². The molecule has 0 spiro atoms. The minimum absolute atomic E-state index is 0.0237. The molecule has 25 heavy (non-hydrogen) atoms. The maximum Gasteiger partial charge on any atom is 0.224 e. The van der Waals surface area contributed by atoms with Crippen LogP contribution in [-0.2, 0) is 11.2 Å². The number of anilines is 1. The molecule has 0 saturated carbocycles. The fraction of sp³-hybridized carbons (Fsp3) is 0.350. The summed E-state index contributed by atoms with van der Waals surface area (Å²) in [6.07, 6.45) is 1.97. The third-order valence-electron chi connectivity index (χ3n) is 3.95. The van der Waals surface area contributed by atoms with Gasteiger partial charge in [0.1, 0.15) is 5.75 Å². The van der Waals surface area contributed by atoms with Crippen LogP contribution in [0.4, 0.5) is 5.69 Å². The lowest BCUT2D eigenvalue weighted by Gasteiger charge is -2.11. The van der Waals surface area contributed by atoms with Gasteiger partial charge in [0.15, 0.2) is 11.5 Å². The minimum atomic E-state index is -0.0237. The van der Waals surface area contributed by atoms with Crippen molar-refractivity contribution >= 4 is 11.6 Å². The van der Waals surface area contributed by atoms with E-state index in [2.05, 4.69) is 5.32 Å². The SMILES string of the molecule is COc1ccc(C)cc1NC(=O)CCCc1ccc(OC)c(OC)c1. The van der Waals surface area contributed by atoms with Crippen LogP contribution in [0.1, 0.15) is 24.0 Å². The second kappa shape index (κ2) is 8.97. The normalized spacial score (nSPS) is 10.2. The van der Waals surface area contributed by atoms with Crippen molar-refractivity contribution in [1.29, 1.82) is 0 Å². The molecule has 2 aromatic rings. The van der Waals surface area contributed by atoms with Gasteiger partial charge in [-0.05, 0) is 55.2 Å². The molecule has 0 aromatic heterocycles. The van der Waals surface area contributed by atoms with E-state index in [4.69, 9.17) is 14.2 Å². The van der Waals surface area contributed by atoms with E-state index in [-0.39, 0.29) is 5.91 Å². The molecule has 5 nitrogen and oxygen atoms in total. The molecule has 0 saturated heterocycles. The standard InChI is InChI=1S/C20H25NO4/c1-14-8-10-17(23-2)16(12-14)21-20(22)7-5-6-15-9-11-18(24-3)19(13-15)25-4/h8-13H,5-7H2,1-4H3,(H,21,22). The van der Waals surface area contributed by atoms with E-state index < -0.39 is 0 Å².